The molecule has 0 saturated carbocycles. The van der Waals surface area contributed by atoms with Crippen LogP contribution in [0.4, 0.5) is 8.78 Å². The summed E-state index contributed by atoms with van der Waals surface area (Å²) < 4.78 is 34.1. The van der Waals surface area contributed by atoms with E-state index in [9.17, 15) is 13.6 Å². The Morgan fingerprint density at radius 3 is 2.63 bits per heavy atom. The number of oxime groups is 1. The minimum atomic E-state index is -2.93. The Balaban J connectivity index is 1.70. The zero-order valence-corrected chi connectivity index (χ0v) is 14.7. The third-order valence-electron chi connectivity index (χ3n) is 3.49. The topological polar surface area (TPSA) is 69.2 Å². The largest absolute Gasteiger partial charge is 0.497 e. The summed E-state index contributed by atoms with van der Waals surface area (Å²) in [5.41, 5.74) is 1.38. The van der Waals surface area contributed by atoms with Gasteiger partial charge in [0.25, 0.3) is 5.91 Å². The van der Waals surface area contributed by atoms with Crippen molar-refractivity contribution in [1.29, 1.82) is 0 Å². The molecule has 0 aliphatic carbocycles. The number of nitrogens with zero attached hydrogens (tertiary/aromatic N) is 1. The van der Waals surface area contributed by atoms with Gasteiger partial charge in [-0.15, -0.1) is 0 Å². The van der Waals surface area contributed by atoms with Crippen LogP contribution in [-0.4, -0.2) is 39.0 Å². The van der Waals surface area contributed by atoms with E-state index in [1.165, 1.54) is 12.3 Å². The standard InChI is InChI=1S/C19H20F2N2O4/c1-25-16-8-6-14(7-9-16)10-11-22-18(24)13-26-23-12-15-4-2-3-5-17(15)27-19(20)21/h2-9,12,19H,10-11,13H2,1H3,(H,22,24)/b23-12+. The van der Waals surface area contributed by atoms with E-state index in [-0.39, 0.29) is 18.3 Å². The number of amides is 1. The summed E-state index contributed by atoms with van der Waals surface area (Å²) in [7, 11) is 1.60. The lowest BCUT2D eigenvalue weighted by Crippen LogP contribution is -2.28. The van der Waals surface area contributed by atoms with Crippen molar-refractivity contribution in [3.63, 3.8) is 0 Å². The molecule has 0 atom stereocenters. The van der Waals surface area contributed by atoms with Gasteiger partial charge < -0.3 is 19.6 Å². The molecule has 144 valence electrons. The average molecular weight is 378 g/mol. The Morgan fingerprint density at radius 2 is 1.93 bits per heavy atom. The second kappa shape index (κ2) is 10.7. The fourth-order valence-electron chi connectivity index (χ4n) is 2.17. The van der Waals surface area contributed by atoms with Gasteiger partial charge in [0.2, 0.25) is 0 Å². The molecule has 0 heterocycles. The number of carbonyl (C=O) groups excluding carboxylic acids is 1. The maximum atomic E-state index is 12.3. The van der Waals surface area contributed by atoms with Crippen molar-refractivity contribution in [3.05, 3.63) is 59.7 Å². The van der Waals surface area contributed by atoms with Crippen LogP contribution in [0, 0.1) is 0 Å². The number of hydrogen-bond donors (Lipinski definition) is 1. The van der Waals surface area contributed by atoms with Gasteiger partial charge in [0.1, 0.15) is 11.5 Å². The molecule has 6 nitrogen and oxygen atoms in total. The van der Waals surface area contributed by atoms with Crippen molar-refractivity contribution in [2.75, 3.05) is 20.3 Å². The monoisotopic (exact) mass is 378 g/mol. The number of hydrogen-bond acceptors (Lipinski definition) is 5. The molecule has 0 radical (unpaired) electrons. The molecule has 0 aliphatic rings. The minimum Gasteiger partial charge on any atom is -0.497 e. The van der Waals surface area contributed by atoms with Gasteiger partial charge in [0.05, 0.1) is 13.3 Å². The molecular formula is C19H20F2N2O4. The second-order valence-corrected chi connectivity index (χ2v) is 5.37. The lowest BCUT2D eigenvalue weighted by atomic mass is 10.1. The molecule has 0 aromatic heterocycles. The van der Waals surface area contributed by atoms with Crippen LogP contribution in [0.1, 0.15) is 11.1 Å². The molecule has 0 unspecified atom stereocenters. The van der Waals surface area contributed by atoms with Crippen molar-refractivity contribution < 1.29 is 27.9 Å². The van der Waals surface area contributed by atoms with Crippen LogP contribution in [0.25, 0.3) is 0 Å². The zero-order valence-electron chi connectivity index (χ0n) is 14.7. The highest BCUT2D eigenvalue weighted by molar-refractivity contribution is 5.83. The first kappa shape index (κ1) is 20.2. The van der Waals surface area contributed by atoms with Gasteiger partial charge in [-0.2, -0.15) is 8.78 Å². The molecule has 2 aromatic carbocycles. The average Bonchev–Trinajstić information content (AvgIpc) is 2.66. The van der Waals surface area contributed by atoms with Crippen LogP contribution in [0.5, 0.6) is 11.5 Å². The molecular weight excluding hydrogens is 358 g/mol. The van der Waals surface area contributed by atoms with Crippen LogP contribution < -0.4 is 14.8 Å². The SMILES string of the molecule is COc1ccc(CCNC(=O)CO/N=C/c2ccccc2OC(F)F)cc1. The van der Waals surface area contributed by atoms with E-state index in [1.54, 1.807) is 25.3 Å². The first-order chi connectivity index (χ1) is 13.1. The molecule has 27 heavy (non-hydrogen) atoms. The van der Waals surface area contributed by atoms with Gasteiger partial charge >= 0.3 is 6.61 Å². The number of methoxy groups -OCH3 is 1. The fraction of sp³-hybridized carbons (Fsp3) is 0.263. The lowest BCUT2D eigenvalue weighted by molar-refractivity contribution is -0.125. The summed E-state index contributed by atoms with van der Waals surface area (Å²) in [5, 5.41) is 6.31. The number of benzene rings is 2. The minimum absolute atomic E-state index is 0.0243. The summed E-state index contributed by atoms with van der Waals surface area (Å²) in [5.74, 6) is 0.413. The van der Waals surface area contributed by atoms with E-state index >= 15 is 0 Å². The van der Waals surface area contributed by atoms with Gasteiger partial charge in [-0.25, -0.2) is 0 Å². The summed E-state index contributed by atoms with van der Waals surface area (Å²) in [4.78, 5) is 16.6. The Bertz CT molecular complexity index is 752. The predicted molar refractivity (Wildman–Crippen MR) is 96.3 cm³/mol. The first-order valence-corrected chi connectivity index (χ1v) is 8.17. The number of alkyl halides is 2. The lowest BCUT2D eigenvalue weighted by Gasteiger charge is -2.07. The van der Waals surface area contributed by atoms with Crippen LogP contribution in [0.15, 0.2) is 53.7 Å². The zero-order chi connectivity index (χ0) is 19.5. The summed E-state index contributed by atoms with van der Waals surface area (Å²) in [6.07, 6.45) is 1.87. The number of carbonyl (C=O) groups is 1. The van der Waals surface area contributed by atoms with Gasteiger partial charge in [-0.3, -0.25) is 4.79 Å². The van der Waals surface area contributed by atoms with Crippen LogP contribution in [0.3, 0.4) is 0 Å². The van der Waals surface area contributed by atoms with Crippen molar-refractivity contribution in [2.24, 2.45) is 5.16 Å². The molecule has 0 aliphatic heterocycles. The summed E-state index contributed by atoms with van der Waals surface area (Å²) in [6, 6.07) is 13.7. The Kier molecular flexibility index (Phi) is 8.02. The Morgan fingerprint density at radius 1 is 1.19 bits per heavy atom. The van der Waals surface area contributed by atoms with Crippen molar-refractivity contribution in [2.45, 2.75) is 13.0 Å². The molecule has 0 bridgehead atoms. The summed E-state index contributed by atoms with van der Waals surface area (Å²) >= 11 is 0. The van der Waals surface area contributed by atoms with E-state index in [1.807, 2.05) is 24.3 Å². The quantitative estimate of drug-likeness (QED) is 0.510. The molecule has 2 rings (SSSR count). The normalized spacial score (nSPS) is 10.8. The van der Waals surface area contributed by atoms with Crippen LogP contribution >= 0.6 is 0 Å². The van der Waals surface area contributed by atoms with Crippen molar-refractivity contribution in [1.82, 2.24) is 5.32 Å². The number of rotatable bonds is 10. The predicted octanol–water partition coefficient (Wildman–Crippen LogP) is 3.01. The Hall–Kier alpha value is -3.16. The first-order valence-electron chi connectivity index (χ1n) is 8.17. The molecule has 2 aromatic rings. The van der Waals surface area contributed by atoms with Crippen molar-refractivity contribution >= 4 is 12.1 Å². The van der Waals surface area contributed by atoms with E-state index in [2.05, 4.69) is 15.2 Å². The summed E-state index contributed by atoms with van der Waals surface area (Å²) in [6.45, 7) is -2.77. The maximum Gasteiger partial charge on any atom is 0.387 e. The Labute approximate surface area is 155 Å². The molecule has 0 saturated heterocycles. The third kappa shape index (κ3) is 7.31. The van der Waals surface area contributed by atoms with Crippen LogP contribution in [0.2, 0.25) is 0 Å². The van der Waals surface area contributed by atoms with Crippen LogP contribution in [-0.2, 0) is 16.1 Å². The van der Waals surface area contributed by atoms with Crippen molar-refractivity contribution in [3.8, 4) is 11.5 Å². The molecule has 1 amide bonds. The van der Waals surface area contributed by atoms with Gasteiger partial charge in [0, 0.05) is 12.1 Å². The molecule has 1 N–H and O–H groups in total. The third-order valence-corrected chi connectivity index (χ3v) is 3.49. The molecule has 0 spiro atoms. The van der Waals surface area contributed by atoms with Gasteiger partial charge in [-0.1, -0.05) is 29.4 Å². The van der Waals surface area contributed by atoms with Gasteiger partial charge in [0.15, 0.2) is 6.61 Å². The fourth-order valence-corrected chi connectivity index (χ4v) is 2.17. The maximum absolute atomic E-state index is 12.3. The number of halogens is 2. The van der Waals surface area contributed by atoms with E-state index < -0.39 is 6.61 Å². The van der Waals surface area contributed by atoms with Gasteiger partial charge in [-0.05, 0) is 36.2 Å². The highest BCUT2D eigenvalue weighted by atomic mass is 19.3. The highest BCUT2D eigenvalue weighted by Crippen LogP contribution is 2.18. The van der Waals surface area contributed by atoms with E-state index in [0.29, 0.717) is 18.5 Å². The number of para-hydroxylation sites is 1. The van der Waals surface area contributed by atoms with E-state index in [0.717, 1.165) is 11.3 Å². The molecule has 8 heteroatoms. The van der Waals surface area contributed by atoms with E-state index in [4.69, 9.17) is 9.57 Å². The molecule has 0 fully saturated rings. The highest BCUT2D eigenvalue weighted by Gasteiger charge is 2.07. The smallest absolute Gasteiger partial charge is 0.387 e. The number of ether oxygens (including phenoxy) is 2. The number of nitrogens with one attached hydrogen (secondary N) is 1. The second-order valence-electron chi connectivity index (χ2n) is 5.37.